The molecule has 1 saturated carbocycles. The summed E-state index contributed by atoms with van der Waals surface area (Å²) < 4.78 is 5.35. The highest BCUT2D eigenvalue weighted by molar-refractivity contribution is 5.92. The van der Waals surface area contributed by atoms with E-state index >= 15 is 0 Å². The predicted molar refractivity (Wildman–Crippen MR) is 101 cm³/mol. The van der Waals surface area contributed by atoms with Crippen LogP contribution in [0.2, 0.25) is 0 Å². The maximum absolute atomic E-state index is 12.0. The van der Waals surface area contributed by atoms with Crippen LogP contribution in [0.3, 0.4) is 0 Å². The third kappa shape index (κ3) is 6.33. The largest absolute Gasteiger partial charge is 0.457 e. The van der Waals surface area contributed by atoms with Gasteiger partial charge in [-0.15, -0.1) is 0 Å². The van der Waals surface area contributed by atoms with E-state index in [4.69, 9.17) is 4.74 Å². The summed E-state index contributed by atoms with van der Waals surface area (Å²) in [5.74, 6) is 0.123. The first kappa shape index (κ1) is 19.2. The predicted octanol–water partition coefficient (Wildman–Crippen LogP) is 5.36. The smallest absolute Gasteiger partial charge is 0.331 e. The fraction of sp³-hybridized carbons (Fsp3) is 0.455. The second-order valence-corrected chi connectivity index (χ2v) is 7.59. The molecule has 1 aromatic rings. The van der Waals surface area contributed by atoms with Crippen LogP contribution in [0.25, 0.3) is 5.57 Å². The Balaban J connectivity index is 2.30. The lowest BCUT2D eigenvalue weighted by Crippen LogP contribution is -2.22. The van der Waals surface area contributed by atoms with E-state index in [1.54, 1.807) is 12.1 Å². The van der Waals surface area contributed by atoms with Gasteiger partial charge < -0.3 is 4.74 Å². The van der Waals surface area contributed by atoms with E-state index in [1.165, 1.54) is 25.3 Å². The summed E-state index contributed by atoms with van der Waals surface area (Å²) in [7, 11) is 0. The van der Waals surface area contributed by atoms with Gasteiger partial charge in [0.05, 0.1) is 0 Å². The van der Waals surface area contributed by atoms with Crippen LogP contribution in [0.15, 0.2) is 42.5 Å². The SMILES string of the molecule is CC(C)(C)OC(=O)/C=C/C(=C/C1CCCCC1)c1ccccc1C=O. The zero-order valence-electron chi connectivity index (χ0n) is 15.5. The van der Waals surface area contributed by atoms with Crippen LogP contribution >= 0.6 is 0 Å². The van der Waals surface area contributed by atoms with Crippen LogP contribution in [-0.4, -0.2) is 17.9 Å². The lowest BCUT2D eigenvalue weighted by molar-refractivity contribution is -0.148. The normalized spacial score (nSPS) is 16.8. The molecule has 0 aromatic heterocycles. The number of carbonyl (C=O) groups is 2. The molecule has 0 radical (unpaired) electrons. The molecule has 3 nitrogen and oxygen atoms in total. The fourth-order valence-electron chi connectivity index (χ4n) is 3.15. The van der Waals surface area contributed by atoms with E-state index in [0.29, 0.717) is 11.5 Å². The van der Waals surface area contributed by atoms with Gasteiger partial charge in [-0.2, -0.15) is 0 Å². The molecule has 0 N–H and O–H groups in total. The van der Waals surface area contributed by atoms with Gasteiger partial charge in [-0.25, -0.2) is 4.79 Å². The van der Waals surface area contributed by atoms with Gasteiger partial charge in [-0.3, -0.25) is 4.79 Å². The number of benzene rings is 1. The third-order valence-corrected chi connectivity index (χ3v) is 4.27. The van der Waals surface area contributed by atoms with Gasteiger partial charge >= 0.3 is 5.97 Å². The van der Waals surface area contributed by atoms with Crippen molar-refractivity contribution < 1.29 is 14.3 Å². The van der Waals surface area contributed by atoms with E-state index in [0.717, 1.165) is 30.3 Å². The first-order valence-electron chi connectivity index (χ1n) is 9.06. The fourth-order valence-corrected chi connectivity index (χ4v) is 3.15. The van der Waals surface area contributed by atoms with Gasteiger partial charge in [0, 0.05) is 11.6 Å². The average molecular weight is 340 g/mol. The summed E-state index contributed by atoms with van der Waals surface area (Å²) in [5, 5.41) is 0. The number of esters is 1. The zero-order chi connectivity index (χ0) is 18.3. The van der Waals surface area contributed by atoms with Gasteiger partial charge in [-0.05, 0) is 56.7 Å². The lowest BCUT2D eigenvalue weighted by atomic mass is 9.86. The maximum atomic E-state index is 12.0. The number of hydrogen-bond acceptors (Lipinski definition) is 3. The summed E-state index contributed by atoms with van der Waals surface area (Å²) >= 11 is 0. The molecule has 0 atom stereocenters. The molecule has 1 fully saturated rings. The van der Waals surface area contributed by atoms with Gasteiger partial charge in [0.2, 0.25) is 0 Å². The van der Waals surface area contributed by atoms with Crippen LogP contribution in [0, 0.1) is 5.92 Å². The van der Waals surface area contributed by atoms with Crippen molar-refractivity contribution in [3.05, 3.63) is 53.6 Å². The molecule has 1 aliphatic carbocycles. The molecule has 1 aromatic carbocycles. The van der Waals surface area contributed by atoms with E-state index in [9.17, 15) is 9.59 Å². The zero-order valence-corrected chi connectivity index (χ0v) is 15.5. The molecule has 25 heavy (non-hydrogen) atoms. The molecule has 0 unspecified atom stereocenters. The minimum atomic E-state index is -0.518. The van der Waals surface area contributed by atoms with E-state index in [2.05, 4.69) is 6.08 Å². The van der Waals surface area contributed by atoms with Crippen LogP contribution in [-0.2, 0) is 9.53 Å². The molecule has 3 heteroatoms. The molecule has 134 valence electrons. The Bertz CT molecular complexity index is 656. The number of ether oxygens (including phenoxy) is 1. The van der Waals surface area contributed by atoms with Gasteiger partial charge in [0.1, 0.15) is 5.60 Å². The van der Waals surface area contributed by atoms with Gasteiger partial charge in [0.25, 0.3) is 0 Å². The minimum Gasteiger partial charge on any atom is -0.457 e. The second kappa shape index (κ2) is 8.80. The lowest BCUT2D eigenvalue weighted by Gasteiger charge is -2.20. The van der Waals surface area contributed by atoms with E-state index in [-0.39, 0.29) is 5.97 Å². The number of carbonyl (C=O) groups excluding carboxylic acids is 2. The van der Waals surface area contributed by atoms with Crippen molar-refractivity contribution in [3.63, 3.8) is 0 Å². The van der Waals surface area contributed by atoms with Crippen LogP contribution in [0.1, 0.15) is 68.8 Å². The van der Waals surface area contributed by atoms with Crippen molar-refractivity contribution in [1.82, 2.24) is 0 Å². The highest BCUT2D eigenvalue weighted by atomic mass is 16.6. The summed E-state index contributed by atoms with van der Waals surface area (Å²) in [6.45, 7) is 5.54. The van der Waals surface area contributed by atoms with Crippen molar-refractivity contribution in [2.45, 2.75) is 58.5 Å². The van der Waals surface area contributed by atoms with E-state index < -0.39 is 5.60 Å². The number of aldehydes is 1. The minimum absolute atomic E-state index is 0.370. The molecule has 0 aliphatic heterocycles. The average Bonchev–Trinajstić information content (AvgIpc) is 2.58. The Hall–Kier alpha value is -2.16. The summed E-state index contributed by atoms with van der Waals surface area (Å²) in [4.78, 5) is 23.4. The van der Waals surface area contributed by atoms with Crippen molar-refractivity contribution >= 4 is 17.8 Å². The van der Waals surface area contributed by atoms with E-state index in [1.807, 2.05) is 39.0 Å². The molecule has 2 rings (SSSR count). The number of rotatable bonds is 5. The highest BCUT2D eigenvalue weighted by Crippen LogP contribution is 2.29. The van der Waals surface area contributed by atoms with Crippen LogP contribution < -0.4 is 0 Å². The molecule has 0 heterocycles. The number of hydrogen-bond donors (Lipinski definition) is 0. The first-order valence-corrected chi connectivity index (χ1v) is 9.06. The molecular weight excluding hydrogens is 312 g/mol. The van der Waals surface area contributed by atoms with Crippen molar-refractivity contribution in [2.75, 3.05) is 0 Å². The van der Waals surface area contributed by atoms with Gasteiger partial charge in [-0.1, -0.05) is 49.6 Å². The number of allylic oxidation sites excluding steroid dienone is 3. The molecule has 0 spiro atoms. The molecular formula is C22H28O3. The molecule has 0 saturated heterocycles. The summed E-state index contributed by atoms with van der Waals surface area (Å²) in [6.07, 6.45) is 12.4. The third-order valence-electron chi connectivity index (χ3n) is 4.27. The van der Waals surface area contributed by atoms with Crippen molar-refractivity contribution in [2.24, 2.45) is 5.92 Å². The standard InChI is InChI=1S/C22H28O3/c1-22(2,3)25-21(24)14-13-18(15-17-9-5-4-6-10-17)20-12-8-7-11-19(20)16-23/h7-8,11-17H,4-6,9-10H2,1-3H3/b14-13+,18-15-. The molecule has 1 aliphatic rings. The van der Waals surface area contributed by atoms with Crippen molar-refractivity contribution in [1.29, 1.82) is 0 Å². The molecule has 0 bridgehead atoms. The Morgan fingerprint density at radius 3 is 2.40 bits per heavy atom. The Kier molecular flexibility index (Phi) is 6.74. The second-order valence-electron chi connectivity index (χ2n) is 7.59. The Morgan fingerprint density at radius 1 is 1.08 bits per heavy atom. The molecule has 0 amide bonds. The topological polar surface area (TPSA) is 43.4 Å². The van der Waals surface area contributed by atoms with Crippen LogP contribution in [0.4, 0.5) is 0 Å². The summed E-state index contributed by atoms with van der Waals surface area (Å²) in [5.41, 5.74) is 1.90. The summed E-state index contributed by atoms with van der Waals surface area (Å²) in [6, 6.07) is 7.50. The van der Waals surface area contributed by atoms with Crippen LogP contribution in [0.5, 0.6) is 0 Å². The van der Waals surface area contributed by atoms with Crippen molar-refractivity contribution in [3.8, 4) is 0 Å². The monoisotopic (exact) mass is 340 g/mol. The maximum Gasteiger partial charge on any atom is 0.331 e. The quantitative estimate of drug-likeness (QED) is 0.314. The first-order chi connectivity index (χ1) is 11.9. The van der Waals surface area contributed by atoms with Gasteiger partial charge in [0.15, 0.2) is 6.29 Å². The highest BCUT2D eigenvalue weighted by Gasteiger charge is 2.16. The Labute approximate surface area is 150 Å². The Morgan fingerprint density at radius 2 is 1.76 bits per heavy atom.